The lowest BCUT2D eigenvalue weighted by molar-refractivity contribution is -0.597. The van der Waals surface area contributed by atoms with Crippen LogP contribution in [-0.4, -0.2) is 18.0 Å². The number of nitrogens with zero attached hydrogens (tertiary/aromatic N) is 1. The Morgan fingerprint density at radius 3 is 2.61 bits per heavy atom. The molecule has 0 unspecified atom stereocenters. The summed E-state index contributed by atoms with van der Waals surface area (Å²) in [6.45, 7) is 2.11. The monoisotopic (exact) mass is 501 g/mol. The molecule has 0 aliphatic rings. The van der Waals surface area contributed by atoms with Crippen molar-refractivity contribution in [3.8, 4) is 5.75 Å². The number of carbonyl (C=O) groups is 1. The van der Waals surface area contributed by atoms with E-state index in [9.17, 15) is 4.79 Å². The number of amides is 1. The fourth-order valence-corrected chi connectivity index (χ4v) is 6.07. The molecule has 1 amide bonds. The number of benzene rings is 3. The molecule has 6 heteroatoms. The van der Waals surface area contributed by atoms with Crippen LogP contribution in [-0.2, 0) is 0 Å². The Morgan fingerprint density at radius 1 is 1.04 bits per heavy atom. The lowest BCUT2D eigenvalue weighted by Gasteiger charge is -2.00. The molecule has 0 atom stereocenters. The normalized spacial score (nSPS) is 10.8. The molecule has 1 N–H and O–H groups in total. The summed E-state index contributed by atoms with van der Waals surface area (Å²) in [7, 11) is 1.63. The largest absolute Gasteiger partial charge is 0.497 e. The van der Waals surface area contributed by atoms with Gasteiger partial charge in [-0.2, -0.15) is 0 Å². The molecular weight excluding hydrogens is 483 g/mol. The number of halogens is 1. The summed E-state index contributed by atoms with van der Waals surface area (Å²) >= 11 is 1.20. The number of methoxy groups -OCH3 is 1. The molecule has 28 heavy (non-hydrogen) atoms. The molecule has 3 aromatic carbocycles. The molecule has 0 aliphatic heterocycles. The molecule has 0 saturated carbocycles. The molecule has 140 valence electrons. The Hall–Kier alpha value is -2.45. The van der Waals surface area contributed by atoms with E-state index in [-0.39, 0.29) is 27.1 Å². The summed E-state index contributed by atoms with van der Waals surface area (Å²) in [6.07, 6.45) is 0. The molecular formula is C22H18IN2O2S+. The van der Waals surface area contributed by atoms with Crippen molar-refractivity contribution in [3.05, 3.63) is 85.0 Å². The van der Waals surface area contributed by atoms with Crippen molar-refractivity contribution in [2.45, 2.75) is 6.92 Å². The van der Waals surface area contributed by atoms with Gasteiger partial charge in [0.05, 0.1) is 17.3 Å². The van der Waals surface area contributed by atoms with Crippen molar-refractivity contribution in [1.29, 1.82) is 0 Å². The van der Waals surface area contributed by atoms with Crippen molar-refractivity contribution < 1.29 is 30.7 Å². The van der Waals surface area contributed by atoms with E-state index in [4.69, 9.17) is 4.74 Å². The van der Waals surface area contributed by atoms with Crippen molar-refractivity contribution in [2.24, 2.45) is 0 Å². The smallest absolute Gasteiger partial charge is 0.357 e. The maximum atomic E-state index is 12.6. The zero-order chi connectivity index (χ0) is 19.5. The van der Waals surface area contributed by atoms with Gasteiger partial charge in [0.2, 0.25) is 0 Å². The summed E-state index contributed by atoms with van der Waals surface area (Å²) in [4.78, 5) is 17.0. The SMILES string of the molecule is COc1ccc2nc(NC(=O)c3ccc([I+]c4cccc(C)c4)cc3)sc2c1. The average Bonchev–Trinajstić information content (AvgIpc) is 3.09. The minimum absolute atomic E-state index is 0.147. The zero-order valence-electron chi connectivity index (χ0n) is 15.4. The number of ether oxygens (including phenoxy) is 1. The standard InChI is InChI=1S/C22H17IN2O2S/c1-14-4-3-5-17(12-14)23-16-8-6-15(7-9-16)21(26)25-22-24-19-11-10-18(27-2)13-20(19)28-22/h3-13H,1-2H3/p+1. The molecule has 0 radical (unpaired) electrons. The van der Waals surface area contributed by atoms with Gasteiger partial charge in [0, 0.05) is 5.56 Å². The van der Waals surface area contributed by atoms with Crippen LogP contribution in [0.5, 0.6) is 5.75 Å². The lowest BCUT2D eigenvalue weighted by atomic mass is 10.2. The summed E-state index contributed by atoms with van der Waals surface area (Å²) < 4.78 is 8.88. The van der Waals surface area contributed by atoms with Crippen LogP contribution in [0.15, 0.2) is 66.7 Å². The summed E-state index contributed by atoms with van der Waals surface area (Å²) in [5, 5.41) is 3.49. The number of hydrogen-bond acceptors (Lipinski definition) is 4. The molecule has 0 bridgehead atoms. The second-order valence-corrected chi connectivity index (χ2v) is 10.3. The molecule has 0 aliphatic carbocycles. The minimum atomic E-state index is -0.243. The van der Waals surface area contributed by atoms with E-state index in [2.05, 4.69) is 41.5 Å². The second kappa shape index (κ2) is 8.28. The van der Waals surface area contributed by atoms with Gasteiger partial charge in [-0.05, 0) is 67.1 Å². The van der Waals surface area contributed by atoms with Crippen LogP contribution >= 0.6 is 11.3 Å². The molecule has 0 fully saturated rings. The average molecular weight is 501 g/mol. The number of nitrogens with one attached hydrogen (secondary N) is 1. The van der Waals surface area contributed by atoms with Crippen molar-refractivity contribution >= 4 is 32.6 Å². The molecule has 4 aromatic rings. The van der Waals surface area contributed by atoms with E-state index >= 15 is 0 Å². The first-order valence-corrected chi connectivity index (χ1v) is 11.7. The summed E-state index contributed by atoms with van der Waals surface area (Å²) in [5.74, 6) is 0.632. The topological polar surface area (TPSA) is 51.2 Å². The van der Waals surface area contributed by atoms with Gasteiger partial charge >= 0.3 is 21.2 Å². The predicted octanol–water partition coefficient (Wildman–Crippen LogP) is 1.99. The van der Waals surface area contributed by atoms with Crippen LogP contribution in [0.3, 0.4) is 0 Å². The van der Waals surface area contributed by atoms with E-state index in [1.807, 2.05) is 42.5 Å². The van der Waals surface area contributed by atoms with Gasteiger partial charge in [-0.15, -0.1) is 0 Å². The van der Waals surface area contributed by atoms with E-state index in [0.717, 1.165) is 16.0 Å². The third-order valence-electron chi connectivity index (χ3n) is 4.12. The number of carbonyl (C=O) groups excluding carboxylic acids is 1. The van der Waals surface area contributed by atoms with Crippen LogP contribution in [0.2, 0.25) is 0 Å². The fraction of sp³-hybridized carbons (Fsp3) is 0.0909. The number of anilines is 1. The third-order valence-corrected chi connectivity index (χ3v) is 7.69. The van der Waals surface area contributed by atoms with Gasteiger partial charge in [0.25, 0.3) is 5.91 Å². The highest BCUT2D eigenvalue weighted by Crippen LogP contribution is 2.29. The van der Waals surface area contributed by atoms with Crippen LogP contribution in [0.25, 0.3) is 10.2 Å². The number of fused-ring (bicyclic) bond motifs is 1. The Labute approximate surface area is 177 Å². The molecule has 4 rings (SSSR count). The maximum Gasteiger partial charge on any atom is 0.357 e. The minimum Gasteiger partial charge on any atom is -0.497 e. The Kier molecular flexibility index (Phi) is 5.59. The van der Waals surface area contributed by atoms with Gasteiger partial charge in [-0.25, -0.2) is 4.98 Å². The highest BCUT2D eigenvalue weighted by atomic mass is 127. The van der Waals surface area contributed by atoms with Gasteiger partial charge in [-0.1, -0.05) is 23.5 Å². The van der Waals surface area contributed by atoms with Gasteiger partial charge in [0.1, 0.15) is 5.75 Å². The van der Waals surface area contributed by atoms with E-state index in [0.29, 0.717) is 10.7 Å². The van der Waals surface area contributed by atoms with Crippen molar-refractivity contribution in [3.63, 3.8) is 0 Å². The summed E-state index contributed by atoms with van der Waals surface area (Å²) in [5.41, 5.74) is 2.76. The predicted molar refractivity (Wildman–Crippen MR) is 109 cm³/mol. The highest BCUT2D eigenvalue weighted by molar-refractivity contribution is 7.22. The van der Waals surface area contributed by atoms with E-state index in [1.54, 1.807) is 7.11 Å². The van der Waals surface area contributed by atoms with Gasteiger partial charge in [0.15, 0.2) is 12.3 Å². The highest BCUT2D eigenvalue weighted by Gasteiger charge is 2.17. The van der Waals surface area contributed by atoms with E-state index in [1.165, 1.54) is 24.0 Å². The number of aromatic nitrogens is 1. The first-order chi connectivity index (χ1) is 13.6. The first-order valence-electron chi connectivity index (χ1n) is 8.68. The third kappa shape index (κ3) is 4.34. The quantitative estimate of drug-likeness (QED) is 0.426. The van der Waals surface area contributed by atoms with Gasteiger partial charge in [-0.3, -0.25) is 10.1 Å². The molecule has 1 aromatic heterocycles. The fourth-order valence-electron chi connectivity index (χ4n) is 2.71. The lowest BCUT2D eigenvalue weighted by Crippen LogP contribution is -3.61. The zero-order valence-corrected chi connectivity index (χ0v) is 18.4. The van der Waals surface area contributed by atoms with Crippen LogP contribution in [0.4, 0.5) is 5.13 Å². The van der Waals surface area contributed by atoms with Crippen LogP contribution < -0.4 is 31.3 Å². The molecule has 0 spiro atoms. The van der Waals surface area contributed by atoms with Crippen LogP contribution in [0, 0.1) is 14.1 Å². The summed E-state index contributed by atoms with van der Waals surface area (Å²) in [6, 6.07) is 22.2. The molecule has 1 heterocycles. The molecule has 4 nitrogen and oxygen atoms in total. The molecule has 0 saturated heterocycles. The second-order valence-electron chi connectivity index (χ2n) is 6.21. The number of rotatable bonds is 5. The first kappa shape index (κ1) is 18.9. The van der Waals surface area contributed by atoms with Crippen molar-refractivity contribution in [1.82, 2.24) is 4.98 Å². The number of hydrogen-bond donors (Lipinski definition) is 1. The Balaban J connectivity index is 1.46. The number of aryl methyl sites for hydroxylation is 1. The van der Waals surface area contributed by atoms with E-state index < -0.39 is 0 Å². The maximum absolute atomic E-state index is 12.6. The number of thiazole rings is 1. The Morgan fingerprint density at radius 2 is 1.86 bits per heavy atom. The Bertz CT molecular complexity index is 1140. The van der Waals surface area contributed by atoms with Crippen molar-refractivity contribution in [2.75, 3.05) is 12.4 Å². The van der Waals surface area contributed by atoms with Gasteiger partial charge < -0.3 is 4.74 Å². The van der Waals surface area contributed by atoms with Crippen LogP contribution in [0.1, 0.15) is 15.9 Å².